The molecule has 0 amide bonds. The topological polar surface area (TPSA) is 91.5 Å². The Balaban J connectivity index is 2.00. The second-order valence-electron chi connectivity index (χ2n) is 5.19. The first-order chi connectivity index (χ1) is 10.7. The fourth-order valence-electron chi connectivity index (χ4n) is 2.64. The van der Waals surface area contributed by atoms with Crippen molar-refractivity contribution >= 4 is 22.4 Å². The Hall–Kier alpha value is -1.93. The molecule has 0 radical (unpaired) electrons. The molecule has 0 aliphatic carbocycles. The minimum atomic E-state index is -0.991. The number of aromatic carboxylic acids is 1. The number of aromatic nitrogens is 3. The van der Waals surface area contributed by atoms with Crippen molar-refractivity contribution in [3.63, 3.8) is 0 Å². The standard InChI is InChI=1S/C14H18N4O3S/c19-9-8-17-7-4-15-12(17)10-11(13(20)21)22-14(16-10)18-5-2-1-3-6-18/h4,7,19H,1-3,5-6,8-9H2,(H,20,21). The van der Waals surface area contributed by atoms with Crippen LogP contribution in [0.2, 0.25) is 0 Å². The lowest BCUT2D eigenvalue weighted by Crippen LogP contribution is -2.29. The van der Waals surface area contributed by atoms with Crippen molar-refractivity contribution in [2.45, 2.75) is 25.8 Å². The minimum absolute atomic E-state index is 0.0329. The molecule has 118 valence electrons. The monoisotopic (exact) mass is 322 g/mol. The number of carboxylic acid groups (broad SMARTS) is 1. The molecule has 7 nitrogen and oxygen atoms in total. The maximum Gasteiger partial charge on any atom is 0.348 e. The largest absolute Gasteiger partial charge is 0.477 e. The Morgan fingerprint density at radius 1 is 1.32 bits per heavy atom. The van der Waals surface area contributed by atoms with Crippen LogP contribution < -0.4 is 4.90 Å². The SMILES string of the molecule is O=C(O)c1sc(N2CCCCC2)nc1-c1nccn1CCO. The molecule has 0 atom stereocenters. The van der Waals surface area contributed by atoms with E-state index in [1.165, 1.54) is 17.8 Å². The maximum absolute atomic E-state index is 11.5. The van der Waals surface area contributed by atoms with Gasteiger partial charge < -0.3 is 19.7 Å². The molecular formula is C14H18N4O3S. The number of aliphatic hydroxyl groups excluding tert-OH is 1. The molecule has 0 spiro atoms. The Bertz CT molecular complexity index is 661. The summed E-state index contributed by atoms with van der Waals surface area (Å²) >= 11 is 1.20. The first-order valence-electron chi connectivity index (χ1n) is 7.32. The van der Waals surface area contributed by atoms with Crippen molar-refractivity contribution in [1.82, 2.24) is 14.5 Å². The van der Waals surface area contributed by atoms with E-state index in [9.17, 15) is 9.90 Å². The van der Waals surface area contributed by atoms with Gasteiger partial charge >= 0.3 is 5.97 Å². The van der Waals surface area contributed by atoms with Gasteiger partial charge in [0.15, 0.2) is 11.0 Å². The van der Waals surface area contributed by atoms with Crippen LogP contribution in [0.5, 0.6) is 0 Å². The zero-order chi connectivity index (χ0) is 15.5. The zero-order valence-electron chi connectivity index (χ0n) is 12.1. The zero-order valence-corrected chi connectivity index (χ0v) is 12.9. The fraction of sp³-hybridized carbons (Fsp3) is 0.500. The summed E-state index contributed by atoms with van der Waals surface area (Å²) in [5.41, 5.74) is 0.386. The van der Waals surface area contributed by atoms with Crippen LogP contribution in [0.4, 0.5) is 5.13 Å². The molecular weight excluding hydrogens is 304 g/mol. The highest BCUT2D eigenvalue weighted by Crippen LogP contribution is 2.33. The quantitative estimate of drug-likeness (QED) is 0.870. The number of thiazole rings is 1. The molecule has 2 aromatic heterocycles. The maximum atomic E-state index is 11.5. The van der Waals surface area contributed by atoms with Gasteiger partial charge in [-0.25, -0.2) is 14.8 Å². The summed E-state index contributed by atoms with van der Waals surface area (Å²) in [5.74, 6) is -0.500. The highest BCUT2D eigenvalue weighted by atomic mass is 32.1. The second-order valence-corrected chi connectivity index (χ2v) is 6.17. The van der Waals surface area contributed by atoms with Gasteiger partial charge in [-0.2, -0.15) is 0 Å². The predicted molar refractivity (Wildman–Crippen MR) is 83.4 cm³/mol. The second kappa shape index (κ2) is 6.45. The fourth-order valence-corrected chi connectivity index (χ4v) is 3.59. The van der Waals surface area contributed by atoms with Crippen LogP contribution in [-0.4, -0.2) is 50.4 Å². The van der Waals surface area contributed by atoms with E-state index < -0.39 is 5.97 Å². The van der Waals surface area contributed by atoms with Crippen molar-refractivity contribution in [2.75, 3.05) is 24.6 Å². The Kier molecular flexibility index (Phi) is 4.39. The van der Waals surface area contributed by atoms with Crippen LogP contribution in [0.1, 0.15) is 28.9 Å². The summed E-state index contributed by atoms with van der Waals surface area (Å²) in [6.07, 6.45) is 6.74. The highest BCUT2D eigenvalue weighted by molar-refractivity contribution is 7.17. The molecule has 1 saturated heterocycles. The number of imidazole rings is 1. The average molecular weight is 322 g/mol. The van der Waals surface area contributed by atoms with Gasteiger partial charge in [0, 0.05) is 32.0 Å². The van der Waals surface area contributed by atoms with E-state index >= 15 is 0 Å². The Labute approximate surface area is 131 Å². The summed E-state index contributed by atoms with van der Waals surface area (Å²) in [7, 11) is 0. The third-order valence-corrected chi connectivity index (χ3v) is 4.81. The van der Waals surface area contributed by atoms with E-state index in [0.29, 0.717) is 18.1 Å². The van der Waals surface area contributed by atoms with E-state index in [1.807, 2.05) is 0 Å². The number of carbonyl (C=O) groups is 1. The van der Waals surface area contributed by atoms with Gasteiger partial charge in [-0.1, -0.05) is 11.3 Å². The molecule has 3 rings (SSSR count). The molecule has 22 heavy (non-hydrogen) atoms. The average Bonchev–Trinajstić information content (AvgIpc) is 3.14. The van der Waals surface area contributed by atoms with Crippen LogP contribution in [0.15, 0.2) is 12.4 Å². The molecule has 8 heteroatoms. The van der Waals surface area contributed by atoms with Crippen molar-refractivity contribution in [2.24, 2.45) is 0 Å². The first-order valence-corrected chi connectivity index (χ1v) is 8.14. The lowest BCUT2D eigenvalue weighted by Gasteiger charge is -2.25. The van der Waals surface area contributed by atoms with Gasteiger partial charge in [-0.3, -0.25) is 0 Å². The van der Waals surface area contributed by atoms with Gasteiger partial charge in [0.25, 0.3) is 0 Å². The van der Waals surface area contributed by atoms with Crippen LogP contribution in [0, 0.1) is 0 Å². The van der Waals surface area contributed by atoms with E-state index in [-0.39, 0.29) is 11.5 Å². The van der Waals surface area contributed by atoms with Crippen molar-refractivity contribution < 1.29 is 15.0 Å². The van der Waals surface area contributed by atoms with Crippen LogP contribution in [-0.2, 0) is 6.54 Å². The van der Waals surface area contributed by atoms with Gasteiger partial charge in [-0.15, -0.1) is 0 Å². The van der Waals surface area contributed by atoms with E-state index in [4.69, 9.17) is 5.11 Å². The molecule has 1 aliphatic heterocycles. The van der Waals surface area contributed by atoms with Gasteiger partial charge in [0.05, 0.1) is 6.61 Å². The van der Waals surface area contributed by atoms with Crippen LogP contribution in [0.25, 0.3) is 11.5 Å². The van der Waals surface area contributed by atoms with Gasteiger partial charge in [0.2, 0.25) is 0 Å². The normalized spacial score (nSPS) is 15.2. The molecule has 1 aliphatic rings. The molecule has 0 aromatic carbocycles. The molecule has 2 aromatic rings. The number of aliphatic hydroxyl groups is 1. The van der Waals surface area contributed by atoms with E-state index in [2.05, 4.69) is 14.9 Å². The first kappa shape index (κ1) is 15.0. The lowest BCUT2D eigenvalue weighted by molar-refractivity contribution is 0.0702. The number of nitrogens with zero attached hydrogens (tertiary/aromatic N) is 4. The number of anilines is 1. The molecule has 0 saturated carbocycles. The van der Waals surface area contributed by atoms with E-state index in [0.717, 1.165) is 31.1 Å². The third kappa shape index (κ3) is 2.84. The Morgan fingerprint density at radius 3 is 2.77 bits per heavy atom. The predicted octanol–water partition coefficient (Wildman–Crippen LogP) is 1.69. The van der Waals surface area contributed by atoms with Crippen LogP contribution in [0.3, 0.4) is 0 Å². The summed E-state index contributed by atoms with van der Waals surface area (Å²) in [6, 6.07) is 0. The number of piperidine rings is 1. The van der Waals surface area contributed by atoms with E-state index in [1.54, 1.807) is 17.0 Å². The molecule has 0 unspecified atom stereocenters. The number of hydrogen-bond donors (Lipinski definition) is 2. The summed E-state index contributed by atoms with van der Waals surface area (Å²) in [6.45, 7) is 2.16. The summed E-state index contributed by atoms with van der Waals surface area (Å²) in [4.78, 5) is 22.6. The number of carboxylic acids is 1. The highest BCUT2D eigenvalue weighted by Gasteiger charge is 2.25. The molecule has 3 heterocycles. The third-order valence-electron chi connectivity index (χ3n) is 3.70. The number of hydrogen-bond acceptors (Lipinski definition) is 6. The minimum Gasteiger partial charge on any atom is -0.477 e. The summed E-state index contributed by atoms with van der Waals surface area (Å²) in [5, 5.41) is 19.3. The van der Waals surface area contributed by atoms with Crippen molar-refractivity contribution in [1.29, 1.82) is 0 Å². The van der Waals surface area contributed by atoms with Gasteiger partial charge in [-0.05, 0) is 19.3 Å². The lowest BCUT2D eigenvalue weighted by atomic mass is 10.1. The smallest absolute Gasteiger partial charge is 0.348 e. The number of rotatable bonds is 5. The molecule has 0 bridgehead atoms. The molecule has 2 N–H and O–H groups in total. The summed E-state index contributed by atoms with van der Waals surface area (Å²) < 4.78 is 1.72. The van der Waals surface area contributed by atoms with Gasteiger partial charge in [0.1, 0.15) is 10.6 Å². The van der Waals surface area contributed by atoms with Crippen molar-refractivity contribution in [3.05, 3.63) is 17.3 Å². The molecule has 1 fully saturated rings. The Morgan fingerprint density at radius 2 is 2.09 bits per heavy atom. The van der Waals surface area contributed by atoms with Crippen LogP contribution >= 0.6 is 11.3 Å². The van der Waals surface area contributed by atoms with Crippen molar-refractivity contribution in [3.8, 4) is 11.5 Å².